The third-order valence-corrected chi connectivity index (χ3v) is 3.23. The summed E-state index contributed by atoms with van der Waals surface area (Å²) in [6.07, 6.45) is 0. The van der Waals surface area contributed by atoms with E-state index in [9.17, 15) is 9.18 Å². The Kier molecular flexibility index (Phi) is 4.57. The first-order chi connectivity index (χ1) is 9.97. The molecule has 1 aromatic heterocycles. The van der Waals surface area contributed by atoms with E-state index < -0.39 is 5.82 Å². The topological polar surface area (TPSA) is 67.2 Å². The van der Waals surface area contributed by atoms with Crippen LogP contribution in [-0.4, -0.2) is 17.7 Å². The molecule has 2 aromatic rings. The summed E-state index contributed by atoms with van der Waals surface area (Å²) in [5, 5.41) is 9.23. The molecule has 1 atom stereocenters. The minimum absolute atomic E-state index is 0.0782. The summed E-state index contributed by atoms with van der Waals surface area (Å²) in [5.41, 5.74) is 2.24. The Morgan fingerprint density at radius 3 is 2.81 bits per heavy atom. The van der Waals surface area contributed by atoms with Gasteiger partial charge in [-0.15, -0.1) is 0 Å². The van der Waals surface area contributed by atoms with E-state index in [2.05, 4.69) is 15.8 Å². The Bertz CT molecular complexity index is 620. The lowest BCUT2D eigenvalue weighted by Crippen LogP contribution is -2.32. The van der Waals surface area contributed by atoms with Gasteiger partial charge >= 0.3 is 6.03 Å². The normalized spacial score (nSPS) is 12.0. The third kappa shape index (κ3) is 3.81. The van der Waals surface area contributed by atoms with Crippen molar-refractivity contribution in [2.45, 2.75) is 26.7 Å². The Labute approximate surface area is 122 Å². The highest BCUT2D eigenvalue weighted by atomic mass is 19.1. The van der Waals surface area contributed by atoms with Crippen molar-refractivity contribution in [3.8, 4) is 0 Å². The molecule has 0 saturated heterocycles. The number of benzene rings is 1. The van der Waals surface area contributed by atoms with Crippen LogP contribution in [0, 0.1) is 19.7 Å². The molecule has 1 heterocycles. The zero-order chi connectivity index (χ0) is 15.4. The van der Waals surface area contributed by atoms with Gasteiger partial charge in [-0.3, -0.25) is 0 Å². The fraction of sp³-hybridized carbons (Fsp3) is 0.333. The predicted molar refractivity (Wildman–Crippen MR) is 77.8 cm³/mol. The van der Waals surface area contributed by atoms with Crippen molar-refractivity contribution in [1.29, 1.82) is 0 Å². The molecule has 6 heteroatoms. The van der Waals surface area contributed by atoms with Crippen molar-refractivity contribution in [2.75, 3.05) is 11.9 Å². The first-order valence-electron chi connectivity index (χ1n) is 6.70. The monoisotopic (exact) mass is 291 g/mol. The highest BCUT2D eigenvalue weighted by Crippen LogP contribution is 2.22. The van der Waals surface area contributed by atoms with Crippen molar-refractivity contribution >= 4 is 11.7 Å². The third-order valence-electron chi connectivity index (χ3n) is 3.23. The van der Waals surface area contributed by atoms with Crippen LogP contribution in [0.25, 0.3) is 0 Å². The van der Waals surface area contributed by atoms with Crippen LogP contribution in [0.3, 0.4) is 0 Å². The molecule has 0 aliphatic rings. The van der Waals surface area contributed by atoms with Crippen molar-refractivity contribution in [3.05, 3.63) is 47.1 Å². The van der Waals surface area contributed by atoms with E-state index >= 15 is 0 Å². The van der Waals surface area contributed by atoms with Crippen molar-refractivity contribution in [2.24, 2.45) is 0 Å². The van der Waals surface area contributed by atoms with Gasteiger partial charge in [0.1, 0.15) is 11.6 Å². The number of urea groups is 1. The zero-order valence-corrected chi connectivity index (χ0v) is 12.2. The molecule has 1 aromatic carbocycles. The van der Waals surface area contributed by atoms with Crippen LogP contribution in [0.4, 0.5) is 14.9 Å². The fourth-order valence-corrected chi connectivity index (χ4v) is 2.28. The van der Waals surface area contributed by atoms with Crippen LogP contribution < -0.4 is 10.6 Å². The first kappa shape index (κ1) is 15.0. The highest BCUT2D eigenvalue weighted by molar-refractivity contribution is 5.89. The largest absolute Gasteiger partial charge is 0.361 e. The number of nitrogens with one attached hydrogen (secondary N) is 2. The number of rotatable bonds is 4. The van der Waals surface area contributed by atoms with Crippen LogP contribution in [0.2, 0.25) is 0 Å². The fourth-order valence-electron chi connectivity index (χ4n) is 2.28. The molecule has 0 unspecified atom stereocenters. The van der Waals surface area contributed by atoms with Crippen molar-refractivity contribution in [3.63, 3.8) is 0 Å². The van der Waals surface area contributed by atoms with Gasteiger partial charge in [-0.05, 0) is 32.0 Å². The lowest BCUT2D eigenvalue weighted by molar-refractivity contribution is 0.251. The zero-order valence-electron chi connectivity index (χ0n) is 12.2. The van der Waals surface area contributed by atoms with Gasteiger partial charge in [0.2, 0.25) is 0 Å². The Hall–Kier alpha value is -2.37. The molecule has 2 rings (SSSR count). The molecule has 0 radical (unpaired) electrons. The number of hydrogen-bond donors (Lipinski definition) is 2. The molecule has 2 N–H and O–H groups in total. The van der Waals surface area contributed by atoms with E-state index in [1.54, 1.807) is 6.07 Å². The standard InChI is InChI=1S/C15H18FN3O2/c1-9(14-10(2)19-21-11(14)3)8-17-15(20)18-13-6-4-5-12(16)7-13/h4-7,9H,8H2,1-3H3,(H2,17,18,20)/t9-/m1/s1. The predicted octanol–water partition coefficient (Wildman–Crippen LogP) is 3.36. The smallest absolute Gasteiger partial charge is 0.319 e. The van der Waals surface area contributed by atoms with E-state index in [1.807, 2.05) is 20.8 Å². The Morgan fingerprint density at radius 2 is 2.19 bits per heavy atom. The number of aryl methyl sites for hydroxylation is 2. The summed E-state index contributed by atoms with van der Waals surface area (Å²) in [7, 11) is 0. The average Bonchev–Trinajstić information content (AvgIpc) is 2.76. The highest BCUT2D eigenvalue weighted by Gasteiger charge is 2.17. The van der Waals surface area contributed by atoms with Gasteiger partial charge in [-0.25, -0.2) is 9.18 Å². The van der Waals surface area contributed by atoms with Gasteiger partial charge in [0.25, 0.3) is 0 Å². The molecule has 0 aliphatic carbocycles. The second kappa shape index (κ2) is 6.39. The molecule has 0 bridgehead atoms. The van der Waals surface area contributed by atoms with E-state index in [0.717, 1.165) is 17.0 Å². The summed E-state index contributed by atoms with van der Waals surface area (Å²) in [6, 6.07) is 5.37. The van der Waals surface area contributed by atoms with Gasteiger partial charge in [0.05, 0.1) is 5.69 Å². The van der Waals surface area contributed by atoms with Gasteiger partial charge in [0.15, 0.2) is 0 Å². The van der Waals surface area contributed by atoms with Crippen LogP contribution in [0.5, 0.6) is 0 Å². The quantitative estimate of drug-likeness (QED) is 0.907. The van der Waals surface area contributed by atoms with E-state index in [4.69, 9.17) is 4.52 Å². The Balaban J connectivity index is 1.89. The molecular weight excluding hydrogens is 273 g/mol. The summed E-state index contributed by atoms with van der Waals surface area (Å²) in [6.45, 7) is 6.13. The maximum Gasteiger partial charge on any atom is 0.319 e. The molecule has 0 fully saturated rings. The molecule has 5 nitrogen and oxygen atoms in total. The molecule has 21 heavy (non-hydrogen) atoms. The molecule has 0 saturated carbocycles. The Morgan fingerprint density at radius 1 is 1.43 bits per heavy atom. The van der Waals surface area contributed by atoms with Crippen LogP contribution in [-0.2, 0) is 0 Å². The first-order valence-corrected chi connectivity index (χ1v) is 6.70. The minimum atomic E-state index is -0.392. The second-order valence-electron chi connectivity index (χ2n) is 4.98. The van der Waals surface area contributed by atoms with Crippen LogP contribution >= 0.6 is 0 Å². The number of carbonyl (C=O) groups excluding carboxylic acids is 1. The molecule has 2 amide bonds. The van der Waals surface area contributed by atoms with Gasteiger partial charge in [0, 0.05) is 23.7 Å². The van der Waals surface area contributed by atoms with E-state index in [1.165, 1.54) is 18.2 Å². The second-order valence-corrected chi connectivity index (χ2v) is 4.98. The van der Waals surface area contributed by atoms with Crippen molar-refractivity contribution in [1.82, 2.24) is 10.5 Å². The number of nitrogens with zero attached hydrogens (tertiary/aromatic N) is 1. The van der Waals surface area contributed by atoms with Gasteiger partial charge in [-0.2, -0.15) is 0 Å². The SMILES string of the molecule is Cc1noc(C)c1[C@H](C)CNC(=O)Nc1cccc(F)c1. The van der Waals surface area contributed by atoms with Crippen LogP contribution in [0.15, 0.2) is 28.8 Å². The van der Waals surface area contributed by atoms with Gasteiger partial charge < -0.3 is 15.2 Å². The average molecular weight is 291 g/mol. The molecule has 0 spiro atoms. The number of halogens is 1. The van der Waals surface area contributed by atoms with Gasteiger partial charge in [-0.1, -0.05) is 18.1 Å². The summed E-state index contributed by atoms with van der Waals surface area (Å²) < 4.78 is 18.1. The summed E-state index contributed by atoms with van der Waals surface area (Å²) in [4.78, 5) is 11.8. The van der Waals surface area contributed by atoms with E-state index in [-0.39, 0.29) is 11.9 Å². The minimum Gasteiger partial charge on any atom is -0.361 e. The lowest BCUT2D eigenvalue weighted by Gasteiger charge is -2.13. The van der Waals surface area contributed by atoms with E-state index in [0.29, 0.717) is 12.2 Å². The number of hydrogen-bond acceptors (Lipinski definition) is 3. The summed E-state index contributed by atoms with van der Waals surface area (Å²) in [5.74, 6) is 0.443. The maximum absolute atomic E-state index is 13.0. The summed E-state index contributed by atoms with van der Waals surface area (Å²) >= 11 is 0. The molecule has 0 aliphatic heterocycles. The van der Waals surface area contributed by atoms with Crippen LogP contribution in [0.1, 0.15) is 29.9 Å². The van der Waals surface area contributed by atoms with Crippen molar-refractivity contribution < 1.29 is 13.7 Å². The maximum atomic E-state index is 13.0. The number of amides is 2. The molecular formula is C15H18FN3O2. The lowest BCUT2D eigenvalue weighted by atomic mass is 10.00. The number of aromatic nitrogens is 1. The molecule has 112 valence electrons. The number of anilines is 1. The number of carbonyl (C=O) groups is 1.